The van der Waals surface area contributed by atoms with Gasteiger partial charge in [0, 0.05) is 14.1 Å². The summed E-state index contributed by atoms with van der Waals surface area (Å²) in [5, 5.41) is 2.32. The summed E-state index contributed by atoms with van der Waals surface area (Å²) in [6.07, 6.45) is 0.607. The molecule has 0 aliphatic carbocycles. The van der Waals surface area contributed by atoms with Crippen LogP contribution in [0.5, 0.6) is 5.75 Å². The number of nitrogens with zero attached hydrogens (tertiary/aromatic N) is 1. The highest BCUT2D eigenvalue weighted by molar-refractivity contribution is 5.86. The van der Waals surface area contributed by atoms with Gasteiger partial charge in [0.1, 0.15) is 5.75 Å². The minimum atomic E-state index is -0.764. The van der Waals surface area contributed by atoms with Crippen LogP contribution in [0.2, 0.25) is 0 Å². The third-order valence-corrected chi connectivity index (χ3v) is 2.69. The number of hydrogen-bond donors (Lipinski definition) is 1. The topological polar surface area (TPSA) is 102 Å². The van der Waals surface area contributed by atoms with Crippen LogP contribution < -0.4 is 10.1 Å². The molecule has 124 valence electrons. The van der Waals surface area contributed by atoms with Crippen molar-refractivity contribution in [2.45, 2.75) is 0 Å². The average molecular weight is 322 g/mol. The molecule has 0 aliphatic rings. The molecule has 0 unspecified atom stereocenters. The van der Waals surface area contributed by atoms with Crippen LogP contribution in [0.1, 0.15) is 10.4 Å². The Labute approximate surface area is 133 Å². The molecule has 1 aromatic carbocycles. The minimum Gasteiger partial charge on any atom is -0.481 e. The van der Waals surface area contributed by atoms with E-state index in [1.165, 1.54) is 11.0 Å². The summed E-state index contributed by atoms with van der Waals surface area (Å²) in [4.78, 5) is 46.2. The van der Waals surface area contributed by atoms with Gasteiger partial charge in [-0.3, -0.25) is 14.4 Å². The summed E-state index contributed by atoms with van der Waals surface area (Å²) in [7, 11) is 3.12. The van der Waals surface area contributed by atoms with Gasteiger partial charge >= 0.3 is 5.97 Å². The molecule has 2 amide bonds. The van der Waals surface area contributed by atoms with Crippen molar-refractivity contribution in [2.24, 2.45) is 0 Å². The highest BCUT2D eigenvalue weighted by atomic mass is 16.6. The van der Waals surface area contributed by atoms with E-state index >= 15 is 0 Å². The van der Waals surface area contributed by atoms with Crippen molar-refractivity contribution in [3.8, 4) is 5.75 Å². The maximum Gasteiger partial charge on any atom is 0.344 e. The molecule has 23 heavy (non-hydrogen) atoms. The van der Waals surface area contributed by atoms with Crippen molar-refractivity contribution >= 4 is 24.1 Å². The first-order chi connectivity index (χ1) is 10.9. The van der Waals surface area contributed by atoms with Crippen LogP contribution in [0, 0.1) is 0 Å². The molecule has 0 aliphatic heterocycles. The molecule has 1 aromatic rings. The van der Waals surface area contributed by atoms with Gasteiger partial charge in [-0.05, 0) is 12.1 Å². The Kier molecular flexibility index (Phi) is 7.25. The fourth-order valence-electron chi connectivity index (χ4n) is 1.42. The van der Waals surface area contributed by atoms with Gasteiger partial charge in [0.05, 0.1) is 12.1 Å². The quantitative estimate of drug-likeness (QED) is 0.517. The van der Waals surface area contributed by atoms with Crippen LogP contribution in [0.25, 0.3) is 0 Å². The second kappa shape index (κ2) is 9.19. The smallest absolute Gasteiger partial charge is 0.344 e. The van der Waals surface area contributed by atoms with E-state index in [0.29, 0.717) is 11.8 Å². The van der Waals surface area contributed by atoms with Gasteiger partial charge in [0.25, 0.3) is 5.91 Å². The van der Waals surface area contributed by atoms with Gasteiger partial charge in [-0.25, -0.2) is 4.79 Å². The lowest BCUT2D eigenvalue weighted by Gasteiger charge is -2.11. The lowest BCUT2D eigenvalue weighted by Crippen LogP contribution is -2.38. The van der Waals surface area contributed by atoms with Crippen LogP contribution >= 0.6 is 0 Å². The van der Waals surface area contributed by atoms with E-state index in [9.17, 15) is 19.2 Å². The zero-order chi connectivity index (χ0) is 17.2. The first-order valence-electron chi connectivity index (χ1n) is 6.73. The largest absolute Gasteiger partial charge is 0.481 e. The molecule has 0 aromatic heterocycles. The Hall–Kier alpha value is -2.90. The molecule has 0 fully saturated rings. The first kappa shape index (κ1) is 18.1. The molecule has 0 bridgehead atoms. The van der Waals surface area contributed by atoms with E-state index in [4.69, 9.17) is 9.47 Å². The molecule has 1 N–H and O–H groups in total. The van der Waals surface area contributed by atoms with Gasteiger partial charge < -0.3 is 19.7 Å². The normalized spacial score (nSPS) is 9.65. The fraction of sp³-hybridized carbons (Fsp3) is 0.333. The van der Waals surface area contributed by atoms with E-state index in [1.54, 1.807) is 32.3 Å². The van der Waals surface area contributed by atoms with E-state index in [-0.39, 0.29) is 18.2 Å². The molecule has 0 saturated carbocycles. The van der Waals surface area contributed by atoms with Crippen molar-refractivity contribution in [2.75, 3.05) is 33.9 Å². The van der Waals surface area contributed by atoms with E-state index in [1.807, 2.05) is 0 Å². The number of nitrogens with one attached hydrogen (secondary N) is 1. The molecule has 0 spiro atoms. The third kappa shape index (κ3) is 6.60. The monoisotopic (exact) mass is 322 g/mol. The Morgan fingerprint density at radius 2 is 1.87 bits per heavy atom. The number of benzene rings is 1. The zero-order valence-corrected chi connectivity index (χ0v) is 12.9. The summed E-state index contributed by atoms with van der Waals surface area (Å²) in [5.41, 5.74) is 0.306. The number of carbonyl (C=O) groups is 4. The Balaban J connectivity index is 2.30. The van der Waals surface area contributed by atoms with Gasteiger partial charge in [0.15, 0.2) is 19.5 Å². The summed E-state index contributed by atoms with van der Waals surface area (Å²) in [6, 6.07) is 6.40. The van der Waals surface area contributed by atoms with Gasteiger partial charge in [0.2, 0.25) is 5.91 Å². The number of carbonyl (C=O) groups excluding carboxylic acids is 4. The number of likely N-dealkylation sites (N-methyl/N-ethyl adjacent to an activating group) is 1. The number of rotatable bonds is 8. The van der Waals surface area contributed by atoms with Gasteiger partial charge in [-0.2, -0.15) is 0 Å². The summed E-state index contributed by atoms with van der Waals surface area (Å²) in [5.74, 6) is -1.39. The fourth-order valence-corrected chi connectivity index (χ4v) is 1.42. The van der Waals surface area contributed by atoms with Crippen molar-refractivity contribution in [1.29, 1.82) is 0 Å². The predicted octanol–water partition coefficient (Wildman–Crippen LogP) is -0.374. The SMILES string of the molecule is CN(C)C(=O)CNC(=O)COC(=O)COc1ccccc1C=O. The highest BCUT2D eigenvalue weighted by Gasteiger charge is 2.11. The molecule has 0 radical (unpaired) electrons. The molecular weight excluding hydrogens is 304 g/mol. The molecule has 8 nitrogen and oxygen atoms in total. The Bertz CT molecular complexity index is 585. The summed E-state index contributed by atoms with van der Waals surface area (Å²) in [6.45, 7) is -1.13. The van der Waals surface area contributed by atoms with Crippen LogP contribution in [0.3, 0.4) is 0 Å². The lowest BCUT2D eigenvalue weighted by atomic mass is 10.2. The Morgan fingerprint density at radius 1 is 1.17 bits per heavy atom. The zero-order valence-electron chi connectivity index (χ0n) is 12.9. The number of aldehydes is 1. The van der Waals surface area contributed by atoms with Crippen molar-refractivity contribution in [3.63, 3.8) is 0 Å². The third-order valence-electron chi connectivity index (χ3n) is 2.69. The van der Waals surface area contributed by atoms with E-state index < -0.39 is 25.1 Å². The molecule has 0 heterocycles. The first-order valence-corrected chi connectivity index (χ1v) is 6.73. The Morgan fingerprint density at radius 3 is 2.52 bits per heavy atom. The standard InChI is InChI=1S/C15H18N2O6/c1-17(2)14(20)7-16-13(19)9-23-15(21)10-22-12-6-4-3-5-11(12)8-18/h3-6,8H,7,9-10H2,1-2H3,(H,16,19). The summed E-state index contributed by atoms with van der Waals surface area (Å²) >= 11 is 0. The van der Waals surface area contributed by atoms with E-state index in [2.05, 4.69) is 5.32 Å². The average Bonchev–Trinajstić information content (AvgIpc) is 2.55. The van der Waals surface area contributed by atoms with E-state index in [0.717, 1.165) is 0 Å². The van der Waals surface area contributed by atoms with Crippen LogP contribution in [0.15, 0.2) is 24.3 Å². The molecule has 0 atom stereocenters. The number of ether oxygens (including phenoxy) is 2. The molecule has 8 heteroatoms. The number of para-hydroxylation sites is 1. The number of esters is 1. The molecular formula is C15H18N2O6. The van der Waals surface area contributed by atoms with Gasteiger partial charge in [-0.15, -0.1) is 0 Å². The summed E-state index contributed by atoms with van der Waals surface area (Å²) < 4.78 is 9.86. The van der Waals surface area contributed by atoms with Crippen molar-refractivity contribution < 1.29 is 28.7 Å². The second-order valence-corrected chi connectivity index (χ2v) is 4.67. The lowest BCUT2D eigenvalue weighted by molar-refractivity contribution is -0.150. The molecule has 0 saturated heterocycles. The van der Waals surface area contributed by atoms with Crippen LogP contribution in [-0.2, 0) is 19.1 Å². The minimum absolute atomic E-state index is 0.174. The predicted molar refractivity (Wildman–Crippen MR) is 80.0 cm³/mol. The number of amides is 2. The highest BCUT2D eigenvalue weighted by Crippen LogP contribution is 2.15. The van der Waals surface area contributed by atoms with Crippen LogP contribution in [-0.4, -0.2) is 62.8 Å². The second-order valence-electron chi connectivity index (χ2n) is 4.67. The van der Waals surface area contributed by atoms with Crippen molar-refractivity contribution in [3.05, 3.63) is 29.8 Å². The number of hydrogen-bond acceptors (Lipinski definition) is 6. The van der Waals surface area contributed by atoms with Gasteiger partial charge in [-0.1, -0.05) is 12.1 Å². The van der Waals surface area contributed by atoms with Crippen LogP contribution in [0.4, 0.5) is 0 Å². The maximum absolute atomic E-state index is 11.5. The maximum atomic E-state index is 11.5. The van der Waals surface area contributed by atoms with Crippen molar-refractivity contribution in [1.82, 2.24) is 10.2 Å². The molecule has 1 rings (SSSR count).